The Balaban J connectivity index is 1.85. The zero-order valence-electron chi connectivity index (χ0n) is 17.9. The van der Waals surface area contributed by atoms with Gasteiger partial charge in [-0.25, -0.2) is 4.79 Å². The van der Waals surface area contributed by atoms with Crippen molar-refractivity contribution >= 4 is 23.6 Å². The highest BCUT2D eigenvalue weighted by Gasteiger charge is 2.08. The summed E-state index contributed by atoms with van der Waals surface area (Å²) in [6, 6.07) is 14.5. The monoisotopic (exact) mass is 422 g/mol. The molecule has 31 heavy (non-hydrogen) atoms. The molecule has 7 nitrogen and oxygen atoms in total. The van der Waals surface area contributed by atoms with Gasteiger partial charge in [0.15, 0.2) is 24.7 Å². The number of carbonyl (C=O) groups is 2. The minimum Gasteiger partial charge on any atom is -0.493 e. The molecule has 2 aromatic carbocycles. The summed E-state index contributed by atoms with van der Waals surface area (Å²) < 4.78 is 15.4. The molecular formula is C24H26N2O5. The van der Waals surface area contributed by atoms with Gasteiger partial charge in [0.25, 0.3) is 5.91 Å². The van der Waals surface area contributed by atoms with E-state index in [0.717, 1.165) is 6.42 Å². The number of benzene rings is 2. The Morgan fingerprint density at radius 2 is 1.90 bits per heavy atom. The summed E-state index contributed by atoms with van der Waals surface area (Å²) in [6.07, 6.45) is 3.80. The number of esters is 1. The number of hydrogen-bond donors (Lipinski definition) is 1. The molecule has 2 aromatic rings. The van der Waals surface area contributed by atoms with Gasteiger partial charge in [0, 0.05) is 11.8 Å². The van der Waals surface area contributed by atoms with Crippen molar-refractivity contribution in [3.05, 3.63) is 59.7 Å². The van der Waals surface area contributed by atoms with Crippen LogP contribution in [0.3, 0.4) is 0 Å². The molecule has 0 bridgehead atoms. The van der Waals surface area contributed by atoms with Crippen molar-refractivity contribution in [3.8, 4) is 17.6 Å². The maximum absolute atomic E-state index is 12.0. The SMILES string of the molecule is CC[C@@H](C)c1ccc(NC(=O)COC(=O)/C=C/c2ccc(OCC#N)c(OC)c2)cc1. The lowest BCUT2D eigenvalue weighted by molar-refractivity contribution is -0.142. The first kappa shape index (κ1) is 23.5. The van der Waals surface area contributed by atoms with Crippen LogP contribution in [-0.4, -0.2) is 32.2 Å². The number of nitriles is 1. The van der Waals surface area contributed by atoms with Gasteiger partial charge in [-0.15, -0.1) is 0 Å². The zero-order valence-corrected chi connectivity index (χ0v) is 17.9. The van der Waals surface area contributed by atoms with E-state index < -0.39 is 11.9 Å². The summed E-state index contributed by atoms with van der Waals surface area (Å²) in [5, 5.41) is 11.3. The van der Waals surface area contributed by atoms with E-state index in [-0.39, 0.29) is 13.2 Å². The fraction of sp³-hybridized carbons (Fsp3) is 0.292. The van der Waals surface area contributed by atoms with Crippen molar-refractivity contribution in [2.45, 2.75) is 26.2 Å². The summed E-state index contributed by atoms with van der Waals surface area (Å²) in [6.45, 7) is 3.79. The van der Waals surface area contributed by atoms with E-state index in [9.17, 15) is 9.59 Å². The number of carbonyl (C=O) groups excluding carboxylic acids is 2. The Labute approximate surface area is 182 Å². The van der Waals surface area contributed by atoms with Crippen LogP contribution < -0.4 is 14.8 Å². The number of ether oxygens (including phenoxy) is 3. The minimum atomic E-state index is -0.647. The second-order valence-electron chi connectivity index (χ2n) is 6.78. The molecule has 0 fully saturated rings. The van der Waals surface area contributed by atoms with Gasteiger partial charge in [0.1, 0.15) is 6.07 Å². The van der Waals surface area contributed by atoms with Gasteiger partial charge in [-0.2, -0.15) is 5.26 Å². The van der Waals surface area contributed by atoms with Crippen LogP contribution in [0.5, 0.6) is 11.5 Å². The molecule has 0 unspecified atom stereocenters. The number of amides is 1. The van der Waals surface area contributed by atoms with Crippen molar-refractivity contribution in [1.82, 2.24) is 0 Å². The van der Waals surface area contributed by atoms with E-state index in [2.05, 4.69) is 19.2 Å². The molecule has 0 saturated carbocycles. The highest BCUT2D eigenvalue weighted by molar-refractivity contribution is 5.94. The summed E-state index contributed by atoms with van der Waals surface area (Å²) in [4.78, 5) is 23.9. The first-order valence-electron chi connectivity index (χ1n) is 9.89. The highest BCUT2D eigenvalue weighted by Crippen LogP contribution is 2.28. The fourth-order valence-corrected chi connectivity index (χ4v) is 2.69. The molecule has 1 atom stereocenters. The molecule has 0 saturated heterocycles. The van der Waals surface area contributed by atoms with Crippen molar-refractivity contribution in [2.24, 2.45) is 0 Å². The number of methoxy groups -OCH3 is 1. The van der Waals surface area contributed by atoms with Crippen LogP contribution in [0.25, 0.3) is 6.08 Å². The second kappa shape index (κ2) is 12.0. The van der Waals surface area contributed by atoms with Gasteiger partial charge in [-0.3, -0.25) is 4.79 Å². The van der Waals surface area contributed by atoms with Gasteiger partial charge in [0.05, 0.1) is 7.11 Å². The van der Waals surface area contributed by atoms with Crippen molar-refractivity contribution < 1.29 is 23.8 Å². The third-order valence-corrected chi connectivity index (χ3v) is 4.61. The minimum absolute atomic E-state index is 0.0953. The smallest absolute Gasteiger partial charge is 0.331 e. The number of hydrogen-bond acceptors (Lipinski definition) is 6. The van der Waals surface area contributed by atoms with Crippen LogP contribution in [0.1, 0.15) is 37.3 Å². The lowest BCUT2D eigenvalue weighted by Gasteiger charge is -2.10. The molecule has 1 N–H and O–H groups in total. The molecule has 0 aliphatic carbocycles. The first-order valence-corrected chi connectivity index (χ1v) is 9.89. The lowest BCUT2D eigenvalue weighted by atomic mass is 9.99. The Bertz CT molecular complexity index is 961. The van der Waals surface area contributed by atoms with E-state index in [1.54, 1.807) is 18.2 Å². The van der Waals surface area contributed by atoms with Crippen LogP contribution in [0.15, 0.2) is 48.5 Å². The van der Waals surface area contributed by atoms with E-state index in [0.29, 0.717) is 28.7 Å². The first-order chi connectivity index (χ1) is 15.0. The Morgan fingerprint density at radius 3 is 2.55 bits per heavy atom. The Kier molecular flexibility index (Phi) is 9.12. The number of nitrogens with zero attached hydrogens (tertiary/aromatic N) is 1. The molecule has 162 valence electrons. The maximum Gasteiger partial charge on any atom is 0.331 e. The normalized spacial score (nSPS) is 11.4. The number of nitrogens with one attached hydrogen (secondary N) is 1. The second-order valence-corrected chi connectivity index (χ2v) is 6.78. The average Bonchev–Trinajstić information content (AvgIpc) is 2.80. The number of anilines is 1. The van der Waals surface area contributed by atoms with Crippen LogP contribution in [0.4, 0.5) is 5.69 Å². The van der Waals surface area contributed by atoms with E-state index in [4.69, 9.17) is 19.5 Å². The van der Waals surface area contributed by atoms with Crippen molar-refractivity contribution in [2.75, 3.05) is 25.6 Å². The highest BCUT2D eigenvalue weighted by atomic mass is 16.5. The van der Waals surface area contributed by atoms with Gasteiger partial charge >= 0.3 is 5.97 Å². The molecule has 0 spiro atoms. The summed E-state index contributed by atoms with van der Waals surface area (Å²) >= 11 is 0. The summed E-state index contributed by atoms with van der Waals surface area (Å²) in [5.74, 6) is 0.255. The largest absolute Gasteiger partial charge is 0.493 e. The topological polar surface area (TPSA) is 97.6 Å². The predicted molar refractivity (Wildman–Crippen MR) is 118 cm³/mol. The van der Waals surface area contributed by atoms with E-state index in [1.165, 1.54) is 24.8 Å². The molecule has 0 aliphatic heterocycles. The van der Waals surface area contributed by atoms with Gasteiger partial charge in [-0.05, 0) is 53.8 Å². The van der Waals surface area contributed by atoms with Crippen molar-refractivity contribution in [1.29, 1.82) is 5.26 Å². The van der Waals surface area contributed by atoms with Gasteiger partial charge in [-0.1, -0.05) is 32.0 Å². The predicted octanol–water partition coefficient (Wildman–Crippen LogP) is 4.31. The number of rotatable bonds is 10. The lowest BCUT2D eigenvalue weighted by Crippen LogP contribution is -2.20. The van der Waals surface area contributed by atoms with Gasteiger partial charge in [0.2, 0.25) is 0 Å². The third kappa shape index (κ3) is 7.52. The molecule has 0 aliphatic rings. The zero-order chi connectivity index (χ0) is 22.6. The van der Waals surface area contributed by atoms with Crippen LogP contribution >= 0.6 is 0 Å². The third-order valence-electron chi connectivity index (χ3n) is 4.61. The van der Waals surface area contributed by atoms with Crippen LogP contribution in [0, 0.1) is 11.3 Å². The molecule has 0 radical (unpaired) electrons. The summed E-state index contributed by atoms with van der Waals surface area (Å²) in [5.41, 5.74) is 2.52. The quantitative estimate of drug-likeness (QED) is 0.453. The van der Waals surface area contributed by atoms with E-state index >= 15 is 0 Å². The molecule has 2 rings (SSSR count). The summed E-state index contributed by atoms with van der Waals surface area (Å²) in [7, 11) is 1.48. The standard InChI is InChI=1S/C24H26N2O5/c1-4-17(2)19-7-9-20(10-8-19)26-23(27)16-31-24(28)12-6-18-5-11-21(30-14-13-25)22(15-18)29-3/h5-12,15,17H,4,14,16H2,1-3H3,(H,26,27)/b12-6+/t17-/m1/s1. The van der Waals surface area contributed by atoms with Gasteiger partial charge < -0.3 is 19.5 Å². The van der Waals surface area contributed by atoms with Crippen LogP contribution in [-0.2, 0) is 14.3 Å². The maximum atomic E-state index is 12.0. The molecule has 0 heterocycles. The average molecular weight is 422 g/mol. The molecule has 1 amide bonds. The molecular weight excluding hydrogens is 396 g/mol. The van der Waals surface area contributed by atoms with E-state index in [1.807, 2.05) is 30.3 Å². The molecule has 7 heteroatoms. The fourth-order valence-electron chi connectivity index (χ4n) is 2.69. The Hall–Kier alpha value is -3.79. The Morgan fingerprint density at radius 1 is 1.16 bits per heavy atom. The van der Waals surface area contributed by atoms with Crippen LogP contribution in [0.2, 0.25) is 0 Å². The van der Waals surface area contributed by atoms with Crippen molar-refractivity contribution in [3.63, 3.8) is 0 Å². The molecule has 0 aromatic heterocycles.